The molecule has 0 saturated carbocycles. The molecule has 2 nitrogen and oxygen atoms in total. The fourth-order valence-electron chi connectivity index (χ4n) is 2.55. The van der Waals surface area contributed by atoms with Gasteiger partial charge in [0.15, 0.2) is 11.5 Å². The second-order valence-corrected chi connectivity index (χ2v) is 4.90. The molecule has 2 heteroatoms. The molecular weight excluding hydrogens is 246 g/mol. The maximum atomic E-state index is 5.87. The fourth-order valence-corrected chi connectivity index (χ4v) is 2.55. The van der Waals surface area contributed by atoms with E-state index in [9.17, 15) is 0 Å². The number of aromatic nitrogens is 1. The van der Waals surface area contributed by atoms with Crippen molar-refractivity contribution in [1.29, 1.82) is 0 Å². The van der Waals surface area contributed by atoms with Crippen LogP contribution < -0.4 is 0 Å². The van der Waals surface area contributed by atoms with E-state index in [0.29, 0.717) is 0 Å². The fraction of sp³-hybridized carbons (Fsp3) is 0.0556. The minimum absolute atomic E-state index is 0.726. The Bertz CT molecular complexity index is 878. The zero-order valence-electron chi connectivity index (χ0n) is 10.9. The third-order valence-corrected chi connectivity index (χ3v) is 3.53. The molecule has 1 aromatic heterocycles. The van der Waals surface area contributed by atoms with Crippen molar-refractivity contribution >= 4 is 21.9 Å². The van der Waals surface area contributed by atoms with Gasteiger partial charge in [-0.05, 0) is 17.0 Å². The predicted molar refractivity (Wildman–Crippen MR) is 80.8 cm³/mol. The highest BCUT2D eigenvalue weighted by molar-refractivity contribution is 6.03. The normalized spacial score (nSPS) is 11.2. The quantitative estimate of drug-likeness (QED) is 0.527. The Morgan fingerprint density at radius 1 is 0.800 bits per heavy atom. The third kappa shape index (κ3) is 1.86. The van der Waals surface area contributed by atoms with E-state index in [1.54, 1.807) is 0 Å². The molecule has 0 fully saturated rings. The average Bonchev–Trinajstić information content (AvgIpc) is 2.91. The Morgan fingerprint density at radius 2 is 1.60 bits per heavy atom. The number of benzene rings is 3. The molecule has 1 heterocycles. The van der Waals surface area contributed by atoms with Crippen molar-refractivity contribution in [3.05, 3.63) is 78.2 Å². The summed E-state index contributed by atoms with van der Waals surface area (Å²) in [7, 11) is 0. The summed E-state index contributed by atoms with van der Waals surface area (Å²) in [4.78, 5) is 4.67. The van der Waals surface area contributed by atoms with Gasteiger partial charge in [-0.2, -0.15) is 0 Å². The van der Waals surface area contributed by atoms with Gasteiger partial charge >= 0.3 is 0 Å². The molecule has 20 heavy (non-hydrogen) atoms. The Balaban J connectivity index is 1.84. The molecule has 0 aliphatic carbocycles. The molecule has 0 radical (unpaired) electrons. The Morgan fingerprint density at radius 3 is 2.50 bits per heavy atom. The summed E-state index contributed by atoms with van der Waals surface area (Å²) in [6.45, 7) is 0. The first-order valence-electron chi connectivity index (χ1n) is 6.71. The molecule has 0 amide bonds. The summed E-state index contributed by atoms with van der Waals surface area (Å²) >= 11 is 0. The maximum Gasteiger partial charge on any atom is 0.199 e. The first-order chi connectivity index (χ1) is 9.90. The van der Waals surface area contributed by atoms with Crippen molar-refractivity contribution in [3.8, 4) is 0 Å². The topological polar surface area (TPSA) is 26.0 Å². The van der Waals surface area contributed by atoms with Crippen LogP contribution in [0.2, 0.25) is 0 Å². The first-order valence-corrected chi connectivity index (χ1v) is 6.71. The second-order valence-electron chi connectivity index (χ2n) is 4.90. The van der Waals surface area contributed by atoms with E-state index in [2.05, 4.69) is 35.3 Å². The van der Waals surface area contributed by atoms with Gasteiger partial charge in [0.2, 0.25) is 0 Å². The van der Waals surface area contributed by atoms with Crippen molar-refractivity contribution in [2.75, 3.05) is 0 Å². The lowest BCUT2D eigenvalue weighted by Gasteiger charge is -1.95. The van der Waals surface area contributed by atoms with E-state index in [4.69, 9.17) is 4.42 Å². The smallest absolute Gasteiger partial charge is 0.199 e. The van der Waals surface area contributed by atoms with Crippen LogP contribution in [0.3, 0.4) is 0 Å². The van der Waals surface area contributed by atoms with E-state index in [1.165, 1.54) is 10.9 Å². The summed E-state index contributed by atoms with van der Waals surface area (Å²) in [5.41, 5.74) is 3.02. The van der Waals surface area contributed by atoms with Gasteiger partial charge in [0, 0.05) is 11.8 Å². The van der Waals surface area contributed by atoms with Gasteiger partial charge in [-0.15, -0.1) is 0 Å². The standard InChI is InChI=1S/C18H13NO/c1-2-6-13(7-3-1)12-17-19-18-15-9-5-4-8-14(15)10-11-16(18)20-17/h1-11H,12H2. The Hall–Kier alpha value is -2.61. The van der Waals surface area contributed by atoms with Gasteiger partial charge in [0.05, 0.1) is 0 Å². The van der Waals surface area contributed by atoms with Gasteiger partial charge < -0.3 is 4.42 Å². The summed E-state index contributed by atoms with van der Waals surface area (Å²) in [5.74, 6) is 0.766. The van der Waals surface area contributed by atoms with E-state index in [-0.39, 0.29) is 0 Å². The largest absolute Gasteiger partial charge is 0.440 e. The van der Waals surface area contributed by atoms with Crippen molar-refractivity contribution in [2.45, 2.75) is 6.42 Å². The van der Waals surface area contributed by atoms with Gasteiger partial charge in [-0.3, -0.25) is 0 Å². The lowest BCUT2D eigenvalue weighted by atomic mass is 10.1. The molecule has 0 aliphatic heterocycles. The zero-order valence-corrected chi connectivity index (χ0v) is 10.9. The van der Waals surface area contributed by atoms with Crippen molar-refractivity contribution in [3.63, 3.8) is 0 Å². The minimum Gasteiger partial charge on any atom is -0.440 e. The van der Waals surface area contributed by atoms with Crippen LogP contribution in [0.25, 0.3) is 21.9 Å². The lowest BCUT2D eigenvalue weighted by Crippen LogP contribution is -1.86. The summed E-state index contributed by atoms with van der Waals surface area (Å²) in [5, 5.41) is 2.34. The van der Waals surface area contributed by atoms with E-state index in [0.717, 1.165) is 28.8 Å². The molecule has 0 atom stereocenters. The molecule has 3 aromatic carbocycles. The summed E-state index contributed by atoms with van der Waals surface area (Å²) in [6.07, 6.45) is 0.726. The van der Waals surface area contributed by atoms with Crippen molar-refractivity contribution in [2.24, 2.45) is 0 Å². The molecular formula is C18H13NO. The van der Waals surface area contributed by atoms with Crippen molar-refractivity contribution in [1.82, 2.24) is 4.98 Å². The van der Waals surface area contributed by atoms with Crippen LogP contribution in [0.15, 0.2) is 71.1 Å². The molecule has 96 valence electrons. The van der Waals surface area contributed by atoms with Crippen LogP contribution in [0.4, 0.5) is 0 Å². The first kappa shape index (κ1) is 11.2. The Labute approximate surface area is 116 Å². The van der Waals surface area contributed by atoms with Gasteiger partial charge in [-0.1, -0.05) is 60.7 Å². The number of hydrogen-bond donors (Lipinski definition) is 0. The van der Waals surface area contributed by atoms with Gasteiger partial charge in [-0.25, -0.2) is 4.98 Å². The minimum atomic E-state index is 0.726. The van der Waals surface area contributed by atoms with Crippen LogP contribution in [0.1, 0.15) is 11.5 Å². The SMILES string of the molecule is c1ccc(Cc2nc3c(ccc4ccccc43)o2)cc1. The average molecular weight is 259 g/mol. The highest BCUT2D eigenvalue weighted by atomic mass is 16.3. The van der Waals surface area contributed by atoms with Crippen LogP contribution in [-0.2, 0) is 6.42 Å². The zero-order chi connectivity index (χ0) is 13.4. The van der Waals surface area contributed by atoms with E-state index in [1.807, 2.05) is 36.4 Å². The van der Waals surface area contributed by atoms with Gasteiger partial charge in [0.25, 0.3) is 0 Å². The van der Waals surface area contributed by atoms with Gasteiger partial charge in [0.1, 0.15) is 5.52 Å². The molecule has 4 aromatic rings. The van der Waals surface area contributed by atoms with Crippen LogP contribution in [-0.4, -0.2) is 4.98 Å². The summed E-state index contributed by atoms with van der Waals surface area (Å²) in [6, 6.07) is 22.6. The molecule has 0 spiro atoms. The van der Waals surface area contributed by atoms with Crippen LogP contribution in [0, 0.1) is 0 Å². The molecule has 0 saturated heterocycles. The van der Waals surface area contributed by atoms with Crippen molar-refractivity contribution < 1.29 is 4.42 Å². The molecule has 0 unspecified atom stereocenters. The number of oxazole rings is 1. The second kappa shape index (κ2) is 4.49. The maximum absolute atomic E-state index is 5.87. The number of hydrogen-bond acceptors (Lipinski definition) is 2. The van der Waals surface area contributed by atoms with E-state index >= 15 is 0 Å². The van der Waals surface area contributed by atoms with Crippen LogP contribution >= 0.6 is 0 Å². The highest BCUT2D eigenvalue weighted by Crippen LogP contribution is 2.26. The molecule has 0 bridgehead atoms. The predicted octanol–water partition coefficient (Wildman–Crippen LogP) is 4.57. The number of nitrogens with zero attached hydrogens (tertiary/aromatic N) is 1. The lowest BCUT2D eigenvalue weighted by molar-refractivity contribution is 0.544. The number of rotatable bonds is 2. The molecule has 4 rings (SSSR count). The summed E-state index contributed by atoms with van der Waals surface area (Å²) < 4.78 is 5.87. The van der Waals surface area contributed by atoms with Crippen LogP contribution in [0.5, 0.6) is 0 Å². The molecule has 0 N–H and O–H groups in total. The highest BCUT2D eigenvalue weighted by Gasteiger charge is 2.09. The number of fused-ring (bicyclic) bond motifs is 3. The van der Waals surface area contributed by atoms with E-state index < -0.39 is 0 Å². The Kier molecular flexibility index (Phi) is 2.52. The third-order valence-electron chi connectivity index (χ3n) is 3.53. The molecule has 0 aliphatic rings. The monoisotopic (exact) mass is 259 g/mol.